The summed E-state index contributed by atoms with van der Waals surface area (Å²) in [5.74, 6) is 0.593. The number of rotatable bonds is 7. The van der Waals surface area contributed by atoms with E-state index in [2.05, 4.69) is 6.92 Å². The van der Waals surface area contributed by atoms with Crippen molar-refractivity contribution in [2.75, 3.05) is 12.4 Å². The maximum Gasteiger partial charge on any atom is 0.315 e. The van der Waals surface area contributed by atoms with Gasteiger partial charge in [0.25, 0.3) is 0 Å². The third-order valence-corrected chi connectivity index (χ3v) is 6.18. The first-order chi connectivity index (χ1) is 12.5. The number of esters is 1. The van der Waals surface area contributed by atoms with Crippen molar-refractivity contribution >= 4 is 23.5 Å². The smallest absolute Gasteiger partial charge is 0.315 e. The molecule has 1 aliphatic rings. The van der Waals surface area contributed by atoms with Gasteiger partial charge in [-0.2, -0.15) is 0 Å². The highest BCUT2D eigenvalue weighted by molar-refractivity contribution is 7.99. The lowest BCUT2D eigenvalue weighted by atomic mass is 10.0. The molecular formula is C20H26N2O3S. The number of hydrogen-bond donors (Lipinski definition) is 0. The SMILES string of the molecule is CCCSc1ccc(C(=O)c2c(C)cc3n2CCC3C(=O)OCC)n1C. The minimum Gasteiger partial charge on any atom is -0.465 e. The number of carbonyl (C=O) groups is 2. The molecule has 3 rings (SSSR count). The highest BCUT2D eigenvalue weighted by Gasteiger charge is 2.34. The predicted octanol–water partition coefficient (Wildman–Crippen LogP) is 3.92. The molecule has 0 bridgehead atoms. The van der Waals surface area contributed by atoms with Gasteiger partial charge in [-0.25, -0.2) is 0 Å². The van der Waals surface area contributed by atoms with Gasteiger partial charge in [0.1, 0.15) is 0 Å². The molecule has 26 heavy (non-hydrogen) atoms. The second-order valence-corrected chi connectivity index (χ2v) is 7.75. The molecule has 0 N–H and O–H groups in total. The lowest BCUT2D eigenvalue weighted by Gasteiger charge is -2.10. The van der Waals surface area contributed by atoms with E-state index in [9.17, 15) is 9.59 Å². The molecule has 0 fully saturated rings. The molecule has 5 nitrogen and oxygen atoms in total. The van der Waals surface area contributed by atoms with Crippen LogP contribution in [0.25, 0.3) is 0 Å². The maximum absolute atomic E-state index is 13.2. The van der Waals surface area contributed by atoms with Crippen LogP contribution >= 0.6 is 11.8 Å². The van der Waals surface area contributed by atoms with Crippen LogP contribution in [0.3, 0.4) is 0 Å². The van der Waals surface area contributed by atoms with E-state index in [0.717, 1.165) is 28.5 Å². The number of ether oxygens (including phenoxy) is 1. The molecule has 0 amide bonds. The monoisotopic (exact) mass is 374 g/mol. The van der Waals surface area contributed by atoms with E-state index in [1.807, 2.05) is 48.2 Å². The van der Waals surface area contributed by atoms with Crippen LogP contribution in [0.15, 0.2) is 23.2 Å². The molecule has 0 aromatic carbocycles. The van der Waals surface area contributed by atoms with Crippen molar-refractivity contribution in [3.8, 4) is 0 Å². The predicted molar refractivity (Wildman–Crippen MR) is 103 cm³/mol. The maximum atomic E-state index is 13.2. The summed E-state index contributed by atoms with van der Waals surface area (Å²) in [6.45, 7) is 6.96. The van der Waals surface area contributed by atoms with Gasteiger partial charge >= 0.3 is 5.97 Å². The van der Waals surface area contributed by atoms with Crippen molar-refractivity contribution in [3.05, 3.63) is 40.8 Å². The van der Waals surface area contributed by atoms with Crippen LogP contribution in [-0.2, 0) is 23.1 Å². The Hall–Kier alpha value is -1.95. The van der Waals surface area contributed by atoms with Crippen molar-refractivity contribution in [2.24, 2.45) is 7.05 Å². The fourth-order valence-electron chi connectivity index (χ4n) is 3.62. The number of ketones is 1. The summed E-state index contributed by atoms with van der Waals surface area (Å²) >= 11 is 1.76. The zero-order valence-electron chi connectivity index (χ0n) is 15.9. The lowest BCUT2D eigenvalue weighted by molar-refractivity contribution is -0.144. The van der Waals surface area contributed by atoms with Gasteiger partial charge in [-0.05, 0) is 56.2 Å². The van der Waals surface area contributed by atoms with Crippen molar-refractivity contribution in [2.45, 2.75) is 51.1 Å². The molecule has 1 aliphatic heterocycles. The molecule has 140 valence electrons. The van der Waals surface area contributed by atoms with E-state index < -0.39 is 0 Å². The molecule has 0 spiro atoms. The van der Waals surface area contributed by atoms with Crippen LogP contribution in [0, 0.1) is 6.92 Å². The normalized spacial score (nSPS) is 15.9. The average Bonchev–Trinajstić information content (AvgIpc) is 3.26. The molecule has 2 aromatic rings. The fraction of sp³-hybridized carbons (Fsp3) is 0.500. The van der Waals surface area contributed by atoms with Gasteiger partial charge in [0.2, 0.25) is 5.78 Å². The molecule has 0 radical (unpaired) electrons. The van der Waals surface area contributed by atoms with Crippen LogP contribution in [0.4, 0.5) is 0 Å². The average molecular weight is 375 g/mol. The highest BCUT2D eigenvalue weighted by atomic mass is 32.2. The quantitative estimate of drug-likeness (QED) is 0.419. The number of aryl methyl sites for hydroxylation is 1. The van der Waals surface area contributed by atoms with Crippen molar-refractivity contribution < 1.29 is 14.3 Å². The van der Waals surface area contributed by atoms with E-state index in [-0.39, 0.29) is 17.7 Å². The van der Waals surface area contributed by atoms with Gasteiger partial charge in [0, 0.05) is 19.3 Å². The van der Waals surface area contributed by atoms with Gasteiger partial charge in [0.05, 0.1) is 28.9 Å². The Labute approximate surface area is 158 Å². The number of aromatic nitrogens is 2. The molecular weight excluding hydrogens is 348 g/mol. The molecule has 3 heterocycles. The Bertz CT molecular complexity index is 834. The van der Waals surface area contributed by atoms with E-state index in [0.29, 0.717) is 31.0 Å². The summed E-state index contributed by atoms with van der Waals surface area (Å²) < 4.78 is 9.17. The number of fused-ring (bicyclic) bond motifs is 1. The van der Waals surface area contributed by atoms with Crippen LogP contribution in [0.5, 0.6) is 0 Å². The Balaban J connectivity index is 1.92. The topological polar surface area (TPSA) is 53.2 Å². The molecule has 1 unspecified atom stereocenters. The Morgan fingerprint density at radius 3 is 2.77 bits per heavy atom. The number of carbonyl (C=O) groups excluding carboxylic acids is 2. The Morgan fingerprint density at radius 2 is 2.08 bits per heavy atom. The van der Waals surface area contributed by atoms with Crippen LogP contribution in [-0.4, -0.2) is 33.2 Å². The third-order valence-electron chi connectivity index (χ3n) is 4.87. The van der Waals surface area contributed by atoms with E-state index in [1.54, 1.807) is 11.8 Å². The summed E-state index contributed by atoms with van der Waals surface area (Å²) in [4.78, 5) is 25.4. The van der Waals surface area contributed by atoms with Crippen LogP contribution in [0.2, 0.25) is 0 Å². The summed E-state index contributed by atoms with van der Waals surface area (Å²) in [5.41, 5.74) is 3.20. The van der Waals surface area contributed by atoms with Crippen LogP contribution < -0.4 is 0 Å². The van der Waals surface area contributed by atoms with E-state index >= 15 is 0 Å². The third kappa shape index (κ3) is 3.22. The fourth-order valence-corrected chi connectivity index (χ4v) is 4.49. The van der Waals surface area contributed by atoms with Crippen molar-refractivity contribution in [3.63, 3.8) is 0 Å². The number of thioether (sulfide) groups is 1. The first-order valence-electron chi connectivity index (χ1n) is 9.19. The van der Waals surface area contributed by atoms with Crippen molar-refractivity contribution in [1.82, 2.24) is 9.13 Å². The highest BCUT2D eigenvalue weighted by Crippen LogP contribution is 2.35. The van der Waals surface area contributed by atoms with E-state index in [1.165, 1.54) is 0 Å². The standard InChI is InChI=1S/C20H26N2O3S/c1-5-11-26-17-8-7-15(21(17)4)19(23)18-13(3)12-16-14(9-10-22(16)18)20(24)25-6-2/h7-8,12,14H,5-6,9-11H2,1-4H3. The summed E-state index contributed by atoms with van der Waals surface area (Å²) in [6.07, 6.45) is 1.79. The van der Waals surface area contributed by atoms with Crippen LogP contribution in [0.1, 0.15) is 60.0 Å². The van der Waals surface area contributed by atoms with Gasteiger partial charge < -0.3 is 13.9 Å². The minimum absolute atomic E-state index is 0.0177. The van der Waals surface area contributed by atoms with E-state index in [4.69, 9.17) is 4.74 Å². The zero-order chi connectivity index (χ0) is 18.8. The molecule has 0 saturated heterocycles. The first kappa shape index (κ1) is 18.8. The zero-order valence-corrected chi connectivity index (χ0v) is 16.7. The minimum atomic E-state index is -0.265. The largest absolute Gasteiger partial charge is 0.465 e. The van der Waals surface area contributed by atoms with Gasteiger partial charge in [-0.3, -0.25) is 9.59 Å². The van der Waals surface area contributed by atoms with Crippen molar-refractivity contribution in [1.29, 1.82) is 0 Å². The molecule has 6 heteroatoms. The Morgan fingerprint density at radius 1 is 1.31 bits per heavy atom. The van der Waals surface area contributed by atoms with Gasteiger partial charge in [-0.1, -0.05) is 6.92 Å². The molecule has 1 atom stereocenters. The van der Waals surface area contributed by atoms with Gasteiger partial charge in [0.15, 0.2) is 0 Å². The first-order valence-corrected chi connectivity index (χ1v) is 10.2. The number of hydrogen-bond acceptors (Lipinski definition) is 4. The Kier molecular flexibility index (Phi) is 5.61. The second kappa shape index (κ2) is 7.74. The molecule has 2 aromatic heterocycles. The second-order valence-electron chi connectivity index (χ2n) is 6.64. The number of nitrogens with zero attached hydrogens (tertiary/aromatic N) is 2. The molecule has 0 saturated carbocycles. The van der Waals surface area contributed by atoms with Gasteiger partial charge in [-0.15, -0.1) is 11.8 Å². The molecule has 0 aliphatic carbocycles. The summed E-state index contributed by atoms with van der Waals surface area (Å²) in [5, 5.41) is 1.10. The summed E-state index contributed by atoms with van der Waals surface area (Å²) in [7, 11) is 1.94. The summed E-state index contributed by atoms with van der Waals surface area (Å²) in [6, 6.07) is 5.88. The lowest BCUT2D eigenvalue weighted by Crippen LogP contribution is -2.14.